The van der Waals surface area contributed by atoms with Gasteiger partial charge in [-0.3, -0.25) is 10.1 Å². The zero-order valence-electron chi connectivity index (χ0n) is 10.8. The summed E-state index contributed by atoms with van der Waals surface area (Å²) in [5.41, 5.74) is 0.996. The van der Waals surface area contributed by atoms with E-state index in [1.165, 1.54) is 6.07 Å². The van der Waals surface area contributed by atoms with E-state index in [2.05, 4.69) is 0 Å². The Labute approximate surface area is 125 Å². The van der Waals surface area contributed by atoms with Crippen molar-refractivity contribution in [2.24, 2.45) is 0 Å². The van der Waals surface area contributed by atoms with Crippen LogP contribution in [-0.4, -0.2) is 16.1 Å². The summed E-state index contributed by atoms with van der Waals surface area (Å²) >= 11 is 5.89. The molecule has 0 saturated carbocycles. The van der Waals surface area contributed by atoms with Crippen molar-refractivity contribution in [3.05, 3.63) is 74.8 Å². The number of hydrogen-bond acceptors (Lipinski definition) is 4. The summed E-state index contributed by atoms with van der Waals surface area (Å²) in [6.07, 6.45) is -2.11. The summed E-state index contributed by atoms with van der Waals surface area (Å²) in [6, 6.07) is 12.3. The van der Waals surface area contributed by atoms with E-state index in [1.807, 2.05) is 6.07 Å². The van der Waals surface area contributed by atoms with Crippen LogP contribution in [0.3, 0.4) is 0 Å². The number of aliphatic hydroxyl groups is 1. The molecule has 2 aromatic carbocycles. The third-order valence-corrected chi connectivity index (χ3v) is 3.78. The van der Waals surface area contributed by atoms with Crippen LogP contribution in [0.4, 0.5) is 0 Å². The van der Waals surface area contributed by atoms with Gasteiger partial charge in [-0.1, -0.05) is 41.9 Å². The lowest BCUT2D eigenvalue weighted by atomic mass is 9.90. The Kier molecular flexibility index (Phi) is 3.53. The molecule has 3 atom stereocenters. The van der Waals surface area contributed by atoms with Gasteiger partial charge in [-0.15, -0.1) is 0 Å². The molecule has 0 spiro atoms. The number of fused-ring (bicyclic) bond motifs is 1. The molecule has 1 aliphatic rings. The first-order chi connectivity index (χ1) is 10.1. The van der Waals surface area contributed by atoms with Crippen LogP contribution in [0.25, 0.3) is 0 Å². The van der Waals surface area contributed by atoms with Crippen molar-refractivity contribution < 1.29 is 14.8 Å². The number of hydrogen-bond donors (Lipinski definition) is 1. The molecule has 0 radical (unpaired) electrons. The van der Waals surface area contributed by atoms with Gasteiger partial charge in [-0.05, 0) is 23.8 Å². The smallest absolute Gasteiger partial charge is 0.283 e. The Hall–Kier alpha value is -2.11. The molecule has 0 fully saturated rings. The first-order valence-corrected chi connectivity index (χ1v) is 6.78. The summed E-state index contributed by atoms with van der Waals surface area (Å²) in [6.45, 7) is 0. The van der Waals surface area contributed by atoms with Gasteiger partial charge in [0.15, 0.2) is 12.2 Å². The Morgan fingerprint density at radius 1 is 1.19 bits per heavy atom. The molecule has 0 amide bonds. The van der Waals surface area contributed by atoms with Gasteiger partial charge in [-0.2, -0.15) is 0 Å². The first kappa shape index (κ1) is 13.9. The van der Waals surface area contributed by atoms with Crippen LogP contribution in [0.5, 0.6) is 5.75 Å². The lowest BCUT2D eigenvalue weighted by Gasteiger charge is -2.32. The standard InChI is InChI=1S/C15H12ClNO4/c16-10-6-7-12-11(8-10)14(18)13(17(19)20)15(21-12)9-4-2-1-3-5-9/h1-8,13-15,18H/t13-,14+,15+/m1/s1. The van der Waals surface area contributed by atoms with Gasteiger partial charge in [0.05, 0.1) is 0 Å². The topological polar surface area (TPSA) is 72.6 Å². The van der Waals surface area contributed by atoms with Crippen LogP contribution in [0, 0.1) is 10.1 Å². The molecule has 0 bridgehead atoms. The molecule has 1 N–H and O–H groups in total. The molecule has 1 aliphatic heterocycles. The third kappa shape index (κ3) is 2.46. The molecule has 2 aromatic rings. The average Bonchev–Trinajstić information content (AvgIpc) is 2.48. The molecule has 21 heavy (non-hydrogen) atoms. The van der Waals surface area contributed by atoms with Gasteiger partial charge in [0.25, 0.3) is 6.04 Å². The van der Waals surface area contributed by atoms with Crippen molar-refractivity contribution >= 4 is 11.6 Å². The highest BCUT2D eigenvalue weighted by molar-refractivity contribution is 6.30. The zero-order valence-corrected chi connectivity index (χ0v) is 11.6. The van der Waals surface area contributed by atoms with E-state index in [0.717, 1.165) is 0 Å². The molecule has 0 aromatic heterocycles. The fraction of sp³-hybridized carbons (Fsp3) is 0.200. The minimum Gasteiger partial charge on any atom is -0.478 e. The fourth-order valence-electron chi connectivity index (χ4n) is 2.55. The number of ether oxygens (including phenoxy) is 1. The lowest BCUT2D eigenvalue weighted by molar-refractivity contribution is -0.549. The molecule has 0 aliphatic carbocycles. The van der Waals surface area contributed by atoms with E-state index in [1.54, 1.807) is 36.4 Å². The maximum atomic E-state index is 11.4. The van der Waals surface area contributed by atoms with Crippen molar-refractivity contribution in [3.8, 4) is 5.75 Å². The minimum atomic E-state index is -1.28. The highest BCUT2D eigenvalue weighted by Gasteiger charge is 2.46. The molecule has 0 unspecified atom stereocenters. The van der Waals surface area contributed by atoms with Crippen molar-refractivity contribution in [1.82, 2.24) is 0 Å². The van der Waals surface area contributed by atoms with E-state index in [4.69, 9.17) is 16.3 Å². The van der Waals surface area contributed by atoms with Crippen molar-refractivity contribution in [2.45, 2.75) is 18.2 Å². The Bertz CT molecular complexity index is 677. The quantitative estimate of drug-likeness (QED) is 0.683. The van der Waals surface area contributed by atoms with Gasteiger partial charge >= 0.3 is 0 Å². The highest BCUT2D eigenvalue weighted by atomic mass is 35.5. The third-order valence-electron chi connectivity index (χ3n) is 3.55. The van der Waals surface area contributed by atoms with Crippen LogP contribution in [0.15, 0.2) is 48.5 Å². The van der Waals surface area contributed by atoms with Crippen molar-refractivity contribution in [2.75, 3.05) is 0 Å². The van der Waals surface area contributed by atoms with Crippen molar-refractivity contribution in [1.29, 1.82) is 0 Å². The zero-order chi connectivity index (χ0) is 15.0. The highest BCUT2D eigenvalue weighted by Crippen LogP contribution is 2.43. The maximum Gasteiger partial charge on any atom is 0.283 e. The van der Waals surface area contributed by atoms with Gasteiger partial charge in [0, 0.05) is 15.5 Å². The minimum absolute atomic E-state index is 0.344. The normalized spacial score (nSPS) is 24.0. The fourth-order valence-corrected chi connectivity index (χ4v) is 2.73. The second kappa shape index (κ2) is 5.35. The molecule has 5 nitrogen and oxygen atoms in total. The van der Waals surface area contributed by atoms with Gasteiger partial charge in [0.2, 0.25) is 0 Å². The molecule has 108 valence electrons. The van der Waals surface area contributed by atoms with Crippen LogP contribution in [0.1, 0.15) is 23.3 Å². The molecular weight excluding hydrogens is 294 g/mol. The van der Waals surface area contributed by atoms with Crippen LogP contribution < -0.4 is 4.74 Å². The van der Waals surface area contributed by atoms with E-state index < -0.39 is 23.2 Å². The van der Waals surface area contributed by atoms with Crippen LogP contribution >= 0.6 is 11.6 Å². The monoisotopic (exact) mass is 305 g/mol. The van der Waals surface area contributed by atoms with Crippen LogP contribution in [-0.2, 0) is 0 Å². The number of rotatable bonds is 2. The predicted octanol–water partition coefficient (Wildman–Crippen LogP) is 3.15. The average molecular weight is 306 g/mol. The first-order valence-electron chi connectivity index (χ1n) is 6.40. The van der Waals surface area contributed by atoms with E-state index >= 15 is 0 Å². The molecule has 6 heteroatoms. The molecular formula is C15H12ClNO4. The SMILES string of the molecule is O=[N+]([O-])[C@@H]1[C@@H](O)c2cc(Cl)ccc2O[C@H]1c1ccccc1. The second-order valence-electron chi connectivity index (χ2n) is 4.85. The van der Waals surface area contributed by atoms with E-state index in [9.17, 15) is 15.2 Å². The molecule has 3 rings (SSSR count). The summed E-state index contributed by atoms with van der Waals surface area (Å²) in [7, 11) is 0. The number of halogens is 1. The summed E-state index contributed by atoms with van der Waals surface area (Å²) in [5.74, 6) is 0.416. The van der Waals surface area contributed by atoms with Crippen LogP contribution in [0.2, 0.25) is 5.02 Å². The van der Waals surface area contributed by atoms with E-state index in [0.29, 0.717) is 21.9 Å². The Morgan fingerprint density at radius 2 is 1.90 bits per heavy atom. The largest absolute Gasteiger partial charge is 0.478 e. The number of benzene rings is 2. The number of aliphatic hydroxyl groups excluding tert-OH is 1. The Morgan fingerprint density at radius 3 is 2.57 bits per heavy atom. The van der Waals surface area contributed by atoms with E-state index in [-0.39, 0.29) is 0 Å². The second-order valence-corrected chi connectivity index (χ2v) is 5.29. The summed E-state index contributed by atoms with van der Waals surface area (Å²) in [5, 5.41) is 22.1. The van der Waals surface area contributed by atoms with Gasteiger partial charge in [0.1, 0.15) is 5.75 Å². The van der Waals surface area contributed by atoms with Gasteiger partial charge in [-0.25, -0.2) is 0 Å². The molecule has 1 heterocycles. The van der Waals surface area contributed by atoms with Crippen molar-refractivity contribution in [3.63, 3.8) is 0 Å². The molecule has 0 saturated heterocycles. The summed E-state index contributed by atoms with van der Waals surface area (Å²) < 4.78 is 5.76. The number of nitro groups is 1. The Balaban J connectivity index is 2.09. The number of nitrogens with zero attached hydrogens (tertiary/aromatic N) is 1. The van der Waals surface area contributed by atoms with Gasteiger partial charge < -0.3 is 9.84 Å². The predicted molar refractivity (Wildman–Crippen MR) is 77.0 cm³/mol. The maximum absolute atomic E-state index is 11.4. The summed E-state index contributed by atoms with van der Waals surface area (Å²) in [4.78, 5) is 10.9. The lowest BCUT2D eigenvalue weighted by Crippen LogP contribution is -2.40.